The van der Waals surface area contributed by atoms with Crippen LogP contribution < -0.4 is 38.9 Å². The second kappa shape index (κ2) is 16.9. The number of nitrogens with one attached hydrogen (secondary N) is 3. The number of guanidine groups is 1. The van der Waals surface area contributed by atoms with Gasteiger partial charge in [-0.2, -0.15) is 12.6 Å². The van der Waals surface area contributed by atoms with Crippen molar-refractivity contribution in [3.05, 3.63) is 0 Å². The van der Waals surface area contributed by atoms with Crippen molar-refractivity contribution in [1.82, 2.24) is 16.0 Å². The van der Waals surface area contributed by atoms with Crippen LogP contribution >= 0.6 is 12.6 Å². The first-order valence-electron chi connectivity index (χ1n) is 10.4. The lowest BCUT2D eigenvalue weighted by Gasteiger charge is -2.24. The summed E-state index contributed by atoms with van der Waals surface area (Å²) >= 11 is 3.84. The quantitative estimate of drug-likeness (QED) is 0.0406. The van der Waals surface area contributed by atoms with E-state index in [4.69, 9.17) is 28.0 Å². The third-order valence-electron chi connectivity index (χ3n) is 4.50. The molecule has 15 heteroatoms. The van der Waals surface area contributed by atoms with Crippen molar-refractivity contribution < 1.29 is 29.4 Å². The van der Waals surface area contributed by atoms with Gasteiger partial charge < -0.3 is 49.1 Å². The first kappa shape index (κ1) is 30.4. The van der Waals surface area contributed by atoms with Crippen molar-refractivity contribution in [2.24, 2.45) is 27.9 Å². The Labute approximate surface area is 197 Å². The van der Waals surface area contributed by atoms with Crippen molar-refractivity contribution in [3.8, 4) is 0 Å². The van der Waals surface area contributed by atoms with Crippen LogP contribution in [0.15, 0.2) is 4.99 Å². The molecule has 0 aliphatic heterocycles. The molecule has 33 heavy (non-hydrogen) atoms. The number of amides is 3. The van der Waals surface area contributed by atoms with Crippen LogP contribution in [0.2, 0.25) is 0 Å². The lowest BCUT2D eigenvalue weighted by molar-refractivity contribution is -0.142. The molecule has 13 N–H and O–H groups in total. The van der Waals surface area contributed by atoms with E-state index < -0.39 is 54.5 Å². The highest BCUT2D eigenvalue weighted by Gasteiger charge is 2.29. The number of unbranched alkanes of at least 4 members (excludes halogenated alkanes) is 1. The fourth-order valence-corrected chi connectivity index (χ4v) is 2.86. The van der Waals surface area contributed by atoms with Gasteiger partial charge in [0.1, 0.15) is 18.1 Å². The summed E-state index contributed by atoms with van der Waals surface area (Å²) in [6, 6.07) is -4.70. The maximum absolute atomic E-state index is 12.7. The van der Waals surface area contributed by atoms with Gasteiger partial charge in [0.15, 0.2) is 5.96 Å². The summed E-state index contributed by atoms with van der Waals surface area (Å²) in [4.78, 5) is 52.3. The summed E-state index contributed by atoms with van der Waals surface area (Å²) in [6.07, 6.45) is 2.02. The van der Waals surface area contributed by atoms with E-state index >= 15 is 0 Å². The van der Waals surface area contributed by atoms with E-state index in [-0.39, 0.29) is 24.6 Å². The number of carboxylic acid groups (broad SMARTS) is 1. The van der Waals surface area contributed by atoms with Crippen LogP contribution in [0, 0.1) is 0 Å². The van der Waals surface area contributed by atoms with E-state index in [1.165, 1.54) is 0 Å². The maximum atomic E-state index is 12.7. The Morgan fingerprint density at radius 2 is 1.45 bits per heavy atom. The Balaban J connectivity index is 5.09. The number of nitrogens with zero attached hydrogens (tertiary/aromatic N) is 1. The number of aliphatic imine (C=N–C) groups is 1. The van der Waals surface area contributed by atoms with Gasteiger partial charge in [-0.3, -0.25) is 19.4 Å². The van der Waals surface area contributed by atoms with Crippen molar-refractivity contribution in [1.29, 1.82) is 0 Å². The number of aliphatic carboxylic acids is 1. The fourth-order valence-electron chi connectivity index (χ4n) is 2.62. The van der Waals surface area contributed by atoms with Crippen LogP contribution in [0.4, 0.5) is 0 Å². The zero-order valence-electron chi connectivity index (χ0n) is 18.4. The highest BCUT2D eigenvalue weighted by atomic mass is 32.1. The zero-order chi connectivity index (χ0) is 25.4. The second-order valence-corrected chi connectivity index (χ2v) is 7.59. The summed E-state index contributed by atoms with van der Waals surface area (Å²) < 4.78 is 0. The average Bonchev–Trinajstić information content (AvgIpc) is 2.76. The molecular formula is C18H36N8O6S. The fraction of sp³-hybridized carbons (Fsp3) is 0.722. The number of nitrogens with two attached hydrogens (primary N) is 4. The van der Waals surface area contributed by atoms with Gasteiger partial charge in [0.25, 0.3) is 0 Å². The molecule has 0 saturated carbocycles. The molecule has 0 aliphatic rings. The van der Waals surface area contributed by atoms with Gasteiger partial charge in [0, 0.05) is 12.3 Å². The number of rotatable bonds is 17. The van der Waals surface area contributed by atoms with Gasteiger partial charge in [-0.05, 0) is 38.6 Å². The van der Waals surface area contributed by atoms with Gasteiger partial charge in [-0.1, -0.05) is 0 Å². The summed E-state index contributed by atoms with van der Waals surface area (Å²) in [5.41, 5.74) is 21.8. The number of aliphatic hydroxyl groups is 1. The van der Waals surface area contributed by atoms with Gasteiger partial charge in [-0.15, -0.1) is 0 Å². The maximum Gasteiger partial charge on any atom is 0.327 e. The normalized spacial score (nSPS) is 14.3. The molecule has 0 aromatic carbocycles. The van der Waals surface area contributed by atoms with E-state index in [0.29, 0.717) is 32.4 Å². The standard InChI is InChI=1S/C18H36N8O6S/c19-6-2-1-5-11(24-14(28)10(20)4-3-7-23-18(21)22)15(29)25-12(8-27)16(30)26-13(9-33)17(31)32/h10-13,27,33H,1-9,19-20H2,(H,24,28)(H,25,29)(H,26,30)(H,31,32)(H4,21,22,23). The van der Waals surface area contributed by atoms with E-state index in [2.05, 4.69) is 33.6 Å². The van der Waals surface area contributed by atoms with Crippen molar-refractivity contribution in [2.45, 2.75) is 56.3 Å². The minimum atomic E-state index is -1.43. The molecule has 0 heterocycles. The van der Waals surface area contributed by atoms with Gasteiger partial charge in [-0.25, -0.2) is 4.79 Å². The van der Waals surface area contributed by atoms with E-state index in [1.54, 1.807) is 0 Å². The second-order valence-electron chi connectivity index (χ2n) is 7.23. The molecule has 0 bridgehead atoms. The molecule has 0 spiro atoms. The molecule has 0 saturated heterocycles. The molecule has 0 aromatic rings. The third-order valence-corrected chi connectivity index (χ3v) is 4.86. The average molecular weight is 493 g/mol. The molecule has 4 unspecified atom stereocenters. The molecule has 3 amide bonds. The van der Waals surface area contributed by atoms with Crippen molar-refractivity contribution in [3.63, 3.8) is 0 Å². The number of aliphatic hydroxyl groups excluding tert-OH is 1. The van der Waals surface area contributed by atoms with Gasteiger partial charge in [0.2, 0.25) is 17.7 Å². The summed E-state index contributed by atoms with van der Waals surface area (Å²) in [5, 5.41) is 25.6. The number of carboxylic acids is 1. The molecule has 0 fully saturated rings. The monoisotopic (exact) mass is 492 g/mol. The Hall–Kier alpha value is -2.62. The van der Waals surface area contributed by atoms with Crippen LogP contribution in [-0.4, -0.2) is 89.5 Å². The minimum Gasteiger partial charge on any atom is -0.480 e. The SMILES string of the molecule is NCCCCC(NC(=O)C(N)CCCN=C(N)N)C(=O)NC(CO)C(=O)NC(CS)C(=O)O. The Morgan fingerprint density at radius 3 is 1.97 bits per heavy atom. The topological polar surface area (TPSA) is 261 Å². The highest BCUT2D eigenvalue weighted by molar-refractivity contribution is 7.80. The summed E-state index contributed by atoms with van der Waals surface area (Å²) in [7, 11) is 0. The largest absolute Gasteiger partial charge is 0.480 e. The zero-order valence-corrected chi connectivity index (χ0v) is 19.3. The molecule has 4 atom stereocenters. The van der Waals surface area contributed by atoms with Crippen LogP contribution in [-0.2, 0) is 19.2 Å². The number of thiol groups is 1. The van der Waals surface area contributed by atoms with E-state index in [1.807, 2.05) is 0 Å². The van der Waals surface area contributed by atoms with E-state index in [9.17, 15) is 24.3 Å². The Bertz CT molecular complexity index is 676. The number of hydrogen-bond donors (Lipinski definition) is 10. The lowest BCUT2D eigenvalue weighted by atomic mass is 10.1. The lowest BCUT2D eigenvalue weighted by Crippen LogP contribution is -2.58. The van der Waals surface area contributed by atoms with Crippen LogP contribution in [0.1, 0.15) is 32.1 Å². The predicted octanol–water partition coefficient (Wildman–Crippen LogP) is -4.04. The van der Waals surface area contributed by atoms with E-state index in [0.717, 1.165) is 0 Å². The first-order chi connectivity index (χ1) is 15.6. The number of carbonyl (C=O) groups excluding carboxylic acids is 3. The van der Waals surface area contributed by atoms with Gasteiger partial charge >= 0.3 is 5.97 Å². The third kappa shape index (κ3) is 12.9. The Kier molecular flexibility index (Phi) is 15.6. The smallest absolute Gasteiger partial charge is 0.327 e. The van der Waals surface area contributed by atoms with Crippen molar-refractivity contribution >= 4 is 42.3 Å². The van der Waals surface area contributed by atoms with Crippen LogP contribution in [0.3, 0.4) is 0 Å². The van der Waals surface area contributed by atoms with Crippen LogP contribution in [0.25, 0.3) is 0 Å². The van der Waals surface area contributed by atoms with Crippen LogP contribution in [0.5, 0.6) is 0 Å². The number of carbonyl (C=O) groups is 4. The van der Waals surface area contributed by atoms with Gasteiger partial charge in [0.05, 0.1) is 12.6 Å². The number of hydrogen-bond acceptors (Lipinski definition) is 9. The minimum absolute atomic E-state index is 0.0730. The molecule has 190 valence electrons. The summed E-state index contributed by atoms with van der Waals surface area (Å²) in [6.45, 7) is -0.112. The molecule has 0 radical (unpaired) electrons. The molecule has 0 rings (SSSR count). The molecule has 14 nitrogen and oxygen atoms in total. The summed E-state index contributed by atoms with van der Waals surface area (Å²) in [5.74, 6) is -3.81. The van der Waals surface area contributed by atoms with Crippen molar-refractivity contribution in [2.75, 3.05) is 25.4 Å². The predicted molar refractivity (Wildman–Crippen MR) is 125 cm³/mol. The Morgan fingerprint density at radius 1 is 0.879 bits per heavy atom. The molecular weight excluding hydrogens is 456 g/mol. The molecule has 0 aliphatic carbocycles. The first-order valence-corrected chi connectivity index (χ1v) is 11.1. The highest BCUT2D eigenvalue weighted by Crippen LogP contribution is 2.04. The molecule has 0 aromatic heterocycles.